The van der Waals surface area contributed by atoms with Crippen molar-refractivity contribution >= 4 is 5.69 Å². The summed E-state index contributed by atoms with van der Waals surface area (Å²) in [5.74, 6) is -0.244. The summed E-state index contributed by atoms with van der Waals surface area (Å²) in [7, 11) is 0. The van der Waals surface area contributed by atoms with Gasteiger partial charge in [-0.25, -0.2) is 4.39 Å². The molecule has 1 aromatic carbocycles. The SMILES string of the molecule is CCCCCC(C)(CO)Nc1cc(C)cc(F)c1. The molecule has 0 saturated heterocycles. The second-order valence-corrected chi connectivity index (χ2v) is 5.32. The zero-order chi connectivity index (χ0) is 13.6. The Morgan fingerprint density at radius 2 is 2.00 bits per heavy atom. The number of halogens is 1. The van der Waals surface area contributed by atoms with E-state index in [-0.39, 0.29) is 18.0 Å². The van der Waals surface area contributed by atoms with E-state index < -0.39 is 0 Å². The molecule has 0 spiro atoms. The van der Waals surface area contributed by atoms with Gasteiger partial charge in [-0.05, 0) is 44.0 Å². The fourth-order valence-corrected chi connectivity index (χ4v) is 2.10. The van der Waals surface area contributed by atoms with Crippen LogP contribution in [0.1, 0.15) is 45.1 Å². The number of aliphatic hydroxyl groups is 1. The summed E-state index contributed by atoms with van der Waals surface area (Å²) in [6.45, 7) is 6.04. The second kappa shape index (κ2) is 6.74. The molecule has 1 aromatic rings. The van der Waals surface area contributed by atoms with Crippen LogP contribution >= 0.6 is 0 Å². The Morgan fingerprint density at radius 1 is 1.28 bits per heavy atom. The topological polar surface area (TPSA) is 32.3 Å². The Labute approximate surface area is 109 Å². The van der Waals surface area contributed by atoms with Crippen LogP contribution in [0.15, 0.2) is 18.2 Å². The predicted octanol–water partition coefficient (Wildman–Crippen LogP) is 3.88. The number of hydrogen-bond acceptors (Lipinski definition) is 2. The summed E-state index contributed by atoms with van der Waals surface area (Å²) >= 11 is 0. The van der Waals surface area contributed by atoms with Crippen LogP contribution in [0.25, 0.3) is 0 Å². The Morgan fingerprint density at radius 3 is 2.56 bits per heavy atom. The third-order valence-corrected chi connectivity index (χ3v) is 3.17. The van der Waals surface area contributed by atoms with Crippen molar-refractivity contribution in [3.8, 4) is 0 Å². The highest BCUT2D eigenvalue weighted by Crippen LogP contribution is 2.22. The smallest absolute Gasteiger partial charge is 0.125 e. The molecule has 0 radical (unpaired) electrons. The van der Waals surface area contributed by atoms with Crippen molar-refractivity contribution in [1.82, 2.24) is 0 Å². The minimum Gasteiger partial charge on any atom is -0.394 e. The van der Waals surface area contributed by atoms with Crippen molar-refractivity contribution in [3.63, 3.8) is 0 Å². The second-order valence-electron chi connectivity index (χ2n) is 5.32. The third kappa shape index (κ3) is 4.65. The highest BCUT2D eigenvalue weighted by atomic mass is 19.1. The Balaban J connectivity index is 2.71. The highest BCUT2D eigenvalue weighted by molar-refractivity contribution is 5.48. The minimum atomic E-state index is -0.380. The fourth-order valence-electron chi connectivity index (χ4n) is 2.10. The van der Waals surface area contributed by atoms with E-state index in [0.717, 1.165) is 36.9 Å². The summed E-state index contributed by atoms with van der Waals surface area (Å²) in [5, 5.41) is 12.8. The maximum Gasteiger partial charge on any atom is 0.125 e. The normalized spacial score (nSPS) is 14.3. The summed E-state index contributed by atoms with van der Waals surface area (Å²) < 4.78 is 13.3. The molecular weight excluding hydrogens is 229 g/mol. The van der Waals surface area contributed by atoms with Gasteiger partial charge in [0.2, 0.25) is 0 Å². The largest absolute Gasteiger partial charge is 0.394 e. The van der Waals surface area contributed by atoms with Gasteiger partial charge >= 0.3 is 0 Å². The molecule has 0 fully saturated rings. The van der Waals surface area contributed by atoms with E-state index in [2.05, 4.69) is 12.2 Å². The van der Waals surface area contributed by atoms with E-state index in [1.807, 2.05) is 19.9 Å². The molecule has 2 N–H and O–H groups in total. The lowest BCUT2D eigenvalue weighted by molar-refractivity contribution is 0.211. The first-order valence-electron chi connectivity index (χ1n) is 6.65. The van der Waals surface area contributed by atoms with Gasteiger partial charge in [0.05, 0.1) is 12.1 Å². The van der Waals surface area contributed by atoms with Gasteiger partial charge in [-0.2, -0.15) is 0 Å². The lowest BCUT2D eigenvalue weighted by atomic mass is 9.94. The van der Waals surface area contributed by atoms with Gasteiger partial charge in [-0.15, -0.1) is 0 Å². The molecule has 2 nitrogen and oxygen atoms in total. The molecule has 18 heavy (non-hydrogen) atoms. The van der Waals surface area contributed by atoms with Crippen molar-refractivity contribution in [3.05, 3.63) is 29.6 Å². The molecule has 0 saturated carbocycles. The summed E-state index contributed by atoms with van der Waals surface area (Å²) in [4.78, 5) is 0. The van der Waals surface area contributed by atoms with Gasteiger partial charge in [-0.1, -0.05) is 26.2 Å². The monoisotopic (exact) mass is 253 g/mol. The maximum atomic E-state index is 13.3. The quantitative estimate of drug-likeness (QED) is 0.723. The van der Waals surface area contributed by atoms with E-state index in [1.54, 1.807) is 0 Å². The lowest BCUT2D eigenvalue weighted by Crippen LogP contribution is -2.38. The lowest BCUT2D eigenvalue weighted by Gasteiger charge is -2.30. The number of anilines is 1. The molecule has 0 heterocycles. The molecule has 1 unspecified atom stereocenters. The van der Waals surface area contributed by atoms with Crippen molar-refractivity contribution in [2.75, 3.05) is 11.9 Å². The van der Waals surface area contributed by atoms with Crippen molar-refractivity contribution < 1.29 is 9.50 Å². The van der Waals surface area contributed by atoms with Gasteiger partial charge in [-0.3, -0.25) is 0 Å². The van der Waals surface area contributed by atoms with Crippen molar-refractivity contribution in [2.45, 2.75) is 52.0 Å². The van der Waals surface area contributed by atoms with E-state index in [1.165, 1.54) is 12.1 Å². The Bertz CT molecular complexity index is 361. The van der Waals surface area contributed by atoms with Crippen LogP contribution < -0.4 is 5.32 Å². The molecule has 0 aliphatic carbocycles. The number of rotatable bonds is 7. The van der Waals surface area contributed by atoms with Gasteiger partial charge in [0.1, 0.15) is 5.82 Å². The van der Waals surface area contributed by atoms with Crippen LogP contribution in [0.5, 0.6) is 0 Å². The maximum absolute atomic E-state index is 13.3. The molecule has 1 rings (SSSR count). The zero-order valence-corrected chi connectivity index (χ0v) is 11.6. The van der Waals surface area contributed by atoms with E-state index in [9.17, 15) is 9.50 Å². The number of nitrogens with one attached hydrogen (secondary N) is 1. The van der Waals surface area contributed by atoms with E-state index in [4.69, 9.17) is 0 Å². The Kier molecular flexibility index (Phi) is 5.60. The summed E-state index contributed by atoms with van der Waals surface area (Å²) in [6, 6.07) is 4.87. The Hall–Kier alpha value is -1.09. The first kappa shape index (κ1) is 15.0. The average molecular weight is 253 g/mol. The zero-order valence-electron chi connectivity index (χ0n) is 11.6. The first-order chi connectivity index (χ1) is 8.49. The fraction of sp³-hybridized carbons (Fsp3) is 0.600. The molecule has 1 atom stereocenters. The highest BCUT2D eigenvalue weighted by Gasteiger charge is 2.22. The van der Waals surface area contributed by atoms with Crippen LogP contribution in [-0.4, -0.2) is 17.3 Å². The number of benzene rings is 1. The van der Waals surface area contributed by atoms with Gasteiger partial charge in [0.25, 0.3) is 0 Å². The average Bonchev–Trinajstić information content (AvgIpc) is 2.28. The third-order valence-electron chi connectivity index (χ3n) is 3.17. The molecule has 0 aliphatic rings. The van der Waals surface area contributed by atoms with Crippen molar-refractivity contribution in [2.24, 2.45) is 0 Å². The van der Waals surface area contributed by atoms with Gasteiger partial charge < -0.3 is 10.4 Å². The number of aliphatic hydroxyl groups excluding tert-OH is 1. The van der Waals surface area contributed by atoms with Crippen LogP contribution in [0.2, 0.25) is 0 Å². The summed E-state index contributed by atoms with van der Waals surface area (Å²) in [6.07, 6.45) is 4.25. The summed E-state index contributed by atoms with van der Waals surface area (Å²) in [5.41, 5.74) is 1.24. The van der Waals surface area contributed by atoms with Crippen LogP contribution in [0, 0.1) is 12.7 Å². The van der Waals surface area contributed by atoms with Gasteiger partial charge in [0.15, 0.2) is 0 Å². The molecule has 0 aliphatic heterocycles. The van der Waals surface area contributed by atoms with E-state index >= 15 is 0 Å². The molecule has 0 bridgehead atoms. The van der Waals surface area contributed by atoms with Crippen LogP contribution in [0.3, 0.4) is 0 Å². The molecule has 0 amide bonds. The predicted molar refractivity (Wildman–Crippen MR) is 74.4 cm³/mol. The number of unbranched alkanes of at least 4 members (excludes halogenated alkanes) is 2. The van der Waals surface area contributed by atoms with Crippen LogP contribution in [-0.2, 0) is 0 Å². The van der Waals surface area contributed by atoms with Gasteiger partial charge in [0, 0.05) is 5.69 Å². The number of hydrogen-bond donors (Lipinski definition) is 2. The van der Waals surface area contributed by atoms with E-state index in [0.29, 0.717) is 0 Å². The first-order valence-corrected chi connectivity index (χ1v) is 6.65. The van der Waals surface area contributed by atoms with Crippen molar-refractivity contribution in [1.29, 1.82) is 0 Å². The van der Waals surface area contributed by atoms with Crippen LogP contribution in [0.4, 0.5) is 10.1 Å². The molecular formula is C15H24FNO. The molecule has 3 heteroatoms. The minimum absolute atomic E-state index is 0.0479. The standard InChI is InChI=1S/C15H24FNO/c1-4-5-6-7-15(3,11-18)17-14-9-12(2)8-13(16)10-14/h8-10,17-18H,4-7,11H2,1-3H3. The number of aryl methyl sites for hydroxylation is 1. The molecule has 102 valence electrons. The molecule has 0 aromatic heterocycles.